The second-order valence-corrected chi connectivity index (χ2v) is 10.8. The molecule has 1 saturated heterocycles. The molecule has 0 spiro atoms. The lowest BCUT2D eigenvalue weighted by Gasteiger charge is -2.23. The minimum atomic E-state index is -0.615. The van der Waals surface area contributed by atoms with Gasteiger partial charge < -0.3 is 14.2 Å². The fraction of sp³-hybridized carbons (Fsp3) is 0.464. The molecule has 1 unspecified atom stereocenters. The third kappa shape index (κ3) is 5.13. The van der Waals surface area contributed by atoms with Crippen LogP contribution >= 0.6 is 0 Å². The number of hydrogen-bond acceptors (Lipinski definition) is 8. The average molecular weight is 520 g/mol. The first-order chi connectivity index (χ1) is 18.0. The molecular weight excluding hydrogens is 486 g/mol. The maximum Gasteiger partial charge on any atom is 0.328 e. The molecule has 0 bridgehead atoms. The fourth-order valence-corrected chi connectivity index (χ4v) is 4.81. The topological polar surface area (TPSA) is 110 Å². The number of aromatic nitrogens is 5. The van der Waals surface area contributed by atoms with E-state index in [1.165, 1.54) is 6.92 Å². The summed E-state index contributed by atoms with van der Waals surface area (Å²) in [7, 11) is 0. The highest BCUT2D eigenvalue weighted by Crippen LogP contribution is 2.32. The number of Topliss-reactive ketones (excluding diaryl/α,β-unsaturated/α-hetero) is 1. The van der Waals surface area contributed by atoms with Crippen LogP contribution in [0.5, 0.6) is 5.75 Å². The molecule has 1 fully saturated rings. The van der Waals surface area contributed by atoms with E-state index in [2.05, 4.69) is 15.2 Å². The summed E-state index contributed by atoms with van der Waals surface area (Å²) in [6, 6.07) is 3.90. The Bertz CT molecular complexity index is 1540. The number of benzene rings is 1. The lowest BCUT2D eigenvalue weighted by Crippen LogP contribution is -2.27. The van der Waals surface area contributed by atoms with Gasteiger partial charge in [-0.2, -0.15) is 10.2 Å². The average Bonchev–Trinajstić information content (AvgIpc) is 3.35. The van der Waals surface area contributed by atoms with Crippen LogP contribution in [0.15, 0.2) is 24.5 Å². The lowest BCUT2D eigenvalue weighted by atomic mass is 10.0. The number of esters is 1. The summed E-state index contributed by atoms with van der Waals surface area (Å²) in [5.74, 6) is 0.0238. The summed E-state index contributed by atoms with van der Waals surface area (Å²) in [4.78, 5) is 29.7. The van der Waals surface area contributed by atoms with Crippen molar-refractivity contribution in [2.24, 2.45) is 0 Å². The monoisotopic (exact) mass is 519 g/mol. The molecule has 0 saturated carbocycles. The van der Waals surface area contributed by atoms with Crippen molar-refractivity contribution in [3.63, 3.8) is 0 Å². The van der Waals surface area contributed by atoms with E-state index in [0.29, 0.717) is 29.1 Å². The van der Waals surface area contributed by atoms with Crippen LogP contribution in [0, 0.1) is 13.8 Å². The van der Waals surface area contributed by atoms with Crippen LogP contribution in [0.25, 0.3) is 27.7 Å². The van der Waals surface area contributed by atoms with Crippen LogP contribution < -0.4 is 4.74 Å². The molecule has 1 aliphatic heterocycles. The minimum absolute atomic E-state index is 0.0885. The van der Waals surface area contributed by atoms with E-state index in [0.717, 1.165) is 47.2 Å². The van der Waals surface area contributed by atoms with E-state index in [4.69, 9.17) is 14.2 Å². The highest BCUT2D eigenvalue weighted by molar-refractivity contribution is 6.06. The van der Waals surface area contributed by atoms with Crippen molar-refractivity contribution in [3.8, 4) is 16.9 Å². The Kier molecular flexibility index (Phi) is 6.68. The highest BCUT2D eigenvalue weighted by atomic mass is 16.7. The summed E-state index contributed by atoms with van der Waals surface area (Å²) in [5, 5.41) is 9.76. The number of ether oxygens (including phenoxy) is 3. The van der Waals surface area contributed by atoms with Crippen LogP contribution in [0.3, 0.4) is 0 Å². The van der Waals surface area contributed by atoms with Gasteiger partial charge >= 0.3 is 5.97 Å². The standard InChI is InChI=1S/C28H33N5O5/c1-16-11-19(12-21-24(18(3)34)31-32(25(16)21)15-22(35)38-28(4,5)6)20-13-29-27-26(17(2)30-33(27)14-20)37-23-9-7-8-10-36-23/h11-14,23H,7-10,15H2,1-6H3. The molecule has 4 heterocycles. The summed E-state index contributed by atoms with van der Waals surface area (Å²) in [6.07, 6.45) is 6.33. The molecule has 1 aromatic carbocycles. The van der Waals surface area contributed by atoms with Gasteiger partial charge in [-0.25, -0.2) is 9.50 Å². The first-order valence-electron chi connectivity index (χ1n) is 12.9. The van der Waals surface area contributed by atoms with Crippen LogP contribution in [-0.4, -0.2) is 54.6 Å². The molecule has 38 heavy (non-hydrogen) atoms. The maximum atomic E-state index is 12.5. The Morgan fingerprint density at radius 3 is 2.61 bits per heavy atom. The van der Waals surface area contributed by atoms with Crippen molar-refractivity contribution in [2.75, 3.05) is 6.61 Å². The van der Waals surface area contributed by atoms with E-state index in [1.807, 2.05) is 52.9 Å². The van der Waals surface area contributed by atoms with Gasteiger partial charge in [-0.05, 0) is 70.7 Å². The Labute approximate surface area is 220 Å². The summed E-state index contributed by atoms with van der Waals surface area (Å²) < 4.78 is 20.6. The number of hydrogen-bond donors (Lipinski definition) is 0. The Balaban J connectivity index is 1.52. The zero-order valence-corrected chi connectivity index (χ0v) is 22.7. The highest BCUT2D eigenvalue weighted by Gasteiger charge is 2.23. The molecular formula is C28H33N5O5. The molecule has 1 atom stereocenters. The van der Waals surface area contributed by atoms with Gasteiger partial charge in [0.05, 0.1) is 12.1 Å². The number of ketones is 1. The SMILES string of the molecule is CC(=O)c1nn(CC(=O)OC(C)(C)C)c2c(C)cc(-c3cnc4c(OC5CCCCO5)c(C)nn4c3)cc12. The van der Waals surface area contributed by atoms with E-state index < -0.39 is 11.6 Å². The second-order valence-electron chi connectivity index (χ2n) is 10.8. The Morgan fingerprint density at radius 2 is 1.92 bits per heavy atom. The van der Waals surface area contributed by atoms with E-state index in [-0.39, 0.29) is 18.6 Å². The molecule has 10 nitrogen and oxygen atoms in total. The summed E-state index contributed by atoms with van der Waals surface area (Å²) in [6.45, 7) is 11.3. The second kappa shape index (κ2) is 9.83. The van der Waals surface area contributed by atoms with Crippen molar-refractivity contribution in [3.05, 3.63) is 41.5 Å². The number of rotatable bonds is 6. The number of fused-ring (bicyclic) bond motifs is 2. The molecule has 0 radical (unpaired) electrons. The maximum absolute atomic E-state index is 12.5. The van der Waals surface area contributed by atoms with Gasteiger partial charge in [-0.15, -0.1) is 0 Å². The third-order valence-electron chi connectivity index (χ3n) is 6.38. The Morgan fingerprint density at radius 1 is 1.13 bits per heavy atom. The van der Waals surface area contributed by atoms with E-state index >= 15 is 0 Å². The largest absolute Gasteiger partial charge is 0.459 e. The van der Waals surface area contributed by atoms with Crippen molar-refractivity contribution in [1.29, 1.82) is 0 Å². The van der Waals surface area contributed by atoms with Gasteiger partial charge in [0.25, 0.3) is 0 Å². The van der Waals surface area contributed by atoms with Crippen LogP contribution in [0.2, 0.25) is 0 Å². The molecule has 0 aliphatic carbocycles. The van der Waals surface area contributed by atoms with Crippen molar-refractivity contribution < 1.29 is 23.8 Å². The van der Waals surface area contributed by atoms with Gasteiger partial charge in [0.2, 0.25) is 0 Å². The molecule has 1 aliphatic rings. The van der Waals surface area contributed by atoms with E-state index in [1.54, 1.807) is 15.4 Å². The van der Waals surface area contributed by atoms with Gasteiger partial charge in [0, 0.05) is 36.7 Å². The summed E-state index contributed by atoms with van der Waals surface area (Å²) in [5.41, 5.74) is 4.31. The first kappa shape index (κ1) is 25.8. The molecule has 3 aromatic heterocycles. The smallest absolute Gasteiger partial charge is 0.328 e. The van der Waals surface area contributed by atoms with Crippen LogP contribution in [-0.2, 0) is 20.8 Å². The minimum Gasteiger partial charge on any atom is -0.459 e. The lowest BCUT2D eigenvalue weighted by molar-refractivity contribution is -0.155. The number of carbonyl (C=O) groups is 2. The predicted molar refractivity (Wildman–Crippen MR) is 141 cm³/mol. The zero-order valence-electron chi connectivity index (χ0n) is 22.7. The first-order valence-corrected chi connectivity index (χ1v) is 12.9. The van der Waals surface area contributed by atoms with E-state index in [9.17, 15) is 9.59 Å². The fourth-order valence-electron chi connectivity index (χ4n) is 4.81. The quantitative estimate of drug-likeness (QED) is 0.264. The number of carbonyl (C=O) groups excluding carboxylic acids is 2. The van der Waals surface area contributed by atoms with Gasteiger partial charge in [0.15, 0.2) is 23.5 Å². The third-order valence-corrected chi connectivity index (χ3v) is 6.38. The zero-order chi connectivity index (χ0) is 27.2. The number of aryl methyl sites for hydroxylation is 2. The van der Waals surface area contributed by atoms with Gasteiger partial charge in [0.1, 0.15) is 23.5 Å². The summed E-state index contributed by atoms with van der Waals surface area (Å²) >= 11 is 0. The molecule has 0 N–H and O–H groups in total. The van der Waals surface area contributed by atoms with Crippen molar-refractivity contribution in [2.45, 2.75) is 79.2 Å². The van der Waals surface area contributed by atoms with Gasteiger partial charge in [-0.3, -0.25) is 14.3 Å². The molecule has 10 heteroatoms. The normalized spacial score (nSPS) is 16.2. The van der Waals surface area contributed by atoms with Crippen LogP contribution in [0.1, 0.15) is 68.7 Å². The molecule has 0 amide bonds. The van der Waals surface area contributed by atoms with Gasteiger partial charge in [-0.1, -0.05) is 0 Å². The predicted octanol–water partition coefficient (Wildman–Crippen LogP) is 4.81. The van der Waals surface area contributed by atoms with Crippen molar-refractivity contribution >= 4 is 28.3 Å². The molecule has 4 aromatic rings. The molecule has 5 rings (SSSR count). The van der Waals surface area contributed by atoms with Crippen LogP contribution in [0.4, 0.5) is 0 Å². The Hall–Kier alpha value is -3.79. The van der Waals surface area contributed by atoms with Crippen molar-refractivity contribution in [1.82, 2.24) is 24.4 Å². The molecule has 200 valence electrons. The number of nitrogens with zero attached hydrogens (tertiary/aromatic N) is 5.